The van der Waals surface area contributed by atoms with Gasteiger partial charge in [0.25, 0.3) is 10.0 Å². The Morgan fingerprint density at radius 2 is 1.35 bits per heavy atom. The highest BCUT2D eigenvalue weighted by Crippen LogP contribution is 2.33. The first-order chi connectivity index (χ1) is 17.8. The van der Waals surface area contributed by atoms with Crippen molar-refractivity contribution in [3.8, 4) is 5.75 Å². The van der Waals surface area contributed by atoms with Gasteiger partial charge in [0.05, 0.1) is 23.7 Å². The standard InChI is InChI=1S/C30H30N2O4S/c1-22-14-17-26(18-15-22)37(34,35)32(27-20-23(2)16-19-28(27)36-3)21-29(33)31-30(24-10-6-4-7-11-24)25-12-8-5-9-13-25/h4-20,30H,21H2,1-3H3,(H,31,33). The van der Waals surface area contributed by atoms with E-state index in [1.165, 1.54) is 7.11 Å². The van der Waals surface area contributed by atoms with Crippen molar-refractivity contribution in [3.63, 3.8) is 0 Å². The van der Waals surface area contributed by atoms with Crippen LogP contribution in [-0.2, 0) is 14.8 Å². The van der Waals surface area contributed by atoms with E-state index in [0.29, 0.717) is 11.4 Å². The first kappa shape index (κ1) is 26.0. The lowest BCUT2D eigenvalue weighted by Crippen LogP contribution is -2.42. The van der Waals surface area contributed by atoms with Gasteiger partial charge in [0.1, 0.15) is 12.3 Å². The number of benzene rings is 4. The monoisotopic (exact) mass is 514 g/mol. The number of hydrogen-bond donors (Lipinski definition) is 1. The van der Waals surface area contributed by atoms with Gasteiger partial charge in [0, 0.05) is 0 Å². The minimum absolute atomic E-state index is 0.0946. The number of hydrogen-bond acceptors (Lipinski definition) is 4. The van der Waals surface area contributed by atoms with Crippen LogP contribution < -0.4 is 14.4 Å². The van der Waals surface area contributed by atoms with E-state index in [2.05, 4.69) is 5.32 Å². The number of nitrogens with zero attached hydrogens (tertiary/aromatic N) is 1. The van der Waals surface area contributed by atoms with Gasteiger partial charge in [-0.25, -0.2) is 8.42 Å². The van der Waals surface area contributed by atoms with Gasteiger partial charge in [-0.3, -0.25) is 9.10 Å². The molecule has 0 aliphatic rings. The molecular weight excluding hydrogens is 484 g/mol. The van der Waals surface area contributed by atoms with Crippen LogP contribution in [0.1, 0.15) is 28.3 Å². The topological polar surface area (TPSA) is 75.7 Å². The van der Waals surface area contributed by atoms with Crippen LogP contribution in [0, 0.1) is 13.8 Å². The van der Waals surface area contributed by atoms with Gasteiger partial charge < -0.3 is 10.1 Å². The molecule has 0 heterocycles. The molecule has 37 heavy (non-hydrogen) atoms. The van der Waals surface area contributed by atoms with E-state index in [-0.39, 0.29) is 4.90 Å². The molecular formula is C30H30N2O4S. The Labute approximate surface area is 218 Å². The molecule has 0 aliphatic heterocycles. The highest BCUT2D eigenvalue weighted by atomic mass is 32.2. The fourth-order valence-corrected chi connectivity index (χ4v) is 5.54. The van der Waals surface area contributed by atoms with Gasteiger partial charge in [0.15, 0.2) is 0 Å². The molecule has 7 heteroatoms. The molecule has 0 fully saturated rings. The summed E-state index contributed by atoms with van der Waals surface area (Å²) >= 11 is 0. The van der Waals surface area contributed by atoms with Crippen LogP contribution in [0.25, 0.3) is 0 Å². The maximum atomic E-state index is 13.9. The van der Waals surface area contributed by atoms with Crippen molar-refractivity contribution in [2.75, 3.05) is 18.0 Å². The van der Waals surface area contributed by atoms with Crippen molar-refractivity contribution in [3.05, 3.63) is 125 Å². The van der Waals surface area contributed by atoms with Crippen LogP contribution >= 0.6 is 0 Å². The Morgan fingerprint density at radius 1 is 0.811 bits per heavy atom. The number of aryl methyl sites for hydroxylation is 2. The Morgan fingerprint density at radius 3 is 1.89 bits per heavy atom. The summed E-state index contributed by atoms with van der Waals surface area (Å²) < 4.78 is 34.4. The molecule has 1 amide bonds. The van der Waals surface area contributed by atoms with E-state index in [1.807, 2.05) is 80.6 Å². The van der Waals surface area contributed by atoms with E-state index >= 15 is 0 Å². The SMILES string of the molecule is COc1ccc(C)cc1N(CC(=O)NC(c1ccccc1)c1ccccc1)S(=O)(=O)c1ccc(C)cc1. The zero-order valence-electron chi connectivity index (χ0n) is 21.1. The molecule has 0 unspecified atom stereocenters. The molecule has 0 aromatic heterocycles. The number of ether oxygens (including phenoxy) is 1. The van der Waals surface area contributed by atoms with Crippen LogP contribution in [0.3, 0.4) is 0 Å². The molecule has 6 nitrogen and oxygen atoms in total. The summed E-state index contributed by atoms with van der Waals surface area (Å²) in [5, 5.41) is 3.05. The zero-order chi connectivity index (χ0) is 26.4. The van der Waals surface area contributed by atoms with E-state index in [0.717, 1.165) is 26.6 Å². The number of anilines is 1. The largest absolute Gasteiger partial charge is 0.495 e. The van der Waals surface area contributed by atoms with Crippen molar-refractivity contribution in [2.24, 2.45) is 0 Å². The molecule has 190 valence electrons. The van der Waals surface area contributed by atoms with Crippen molar-refractivity contribution in [1.82, 2.24) is 5.32 Å². The van der Waals surface area contributed by atoms with Crippen LogP contribution in [0.4, 0.5) is 5.69 Å². The van der Waals surface area contributed by atoms with Crippen LogP contribution in [0.2, 0.25) is 0 Å². The molecule has 0 atom stereocenters. The van der Waals surface area contributed by atoms with Crippen LogP contribution in [0.15, 0.2) is 108 Å². The second kappa shape index (κ2) is 11.3. The number of methoxy groups -OCH3 is 1. The van der Waals surface area contributed by atoms with Crippen LogP contribution in [0.5, 0.6) is 5.75 Å². The lowest BCUT2D eigenvalue weighted by Gasteiger charge is -2.27. The third-order valence-corrected chi connectivity index (χ3v) is 7.84. The van der Waals surface area contributed by atoms with E-state index in [4.69, 9.17) is 4.74 Å². The van der Waals surface area contributed by atoms with Gasteiger partial charge in [-0.15, -0.1) is 0 Å². The number of nitrogens with one attached hydrogen (secondary N) is 1. The first-order valence-corrected chi connectivity index (χ1v) is 13.4. The lowest BCUT2D eigenvalue weighted by atomic mass is 9.99. The lowest BCUT2D eigenvalue weighted by molar-refractivity contribution is -0.120. The first-order valence-electron chi connectivity index (χ1n) is 11.9. The smallest absolute Gasteiger partial charge is 0.264 e. The quantitative estimate of drug-likeness (QED) is 0.324. The molecule has 4 rings (SSSR count). The summed E-state index contributed by atoms with van der Waals surface area (Å²) in [5.74, 6) is -0.0892. The predicted octanol–water partition coefficient (Wildman–Crippen LogP) is 5.41. The number of sulfonamides is 1. The van der Waals surface area contributed by atoms with Crippen molar-refractivity contribution in [2.45, 2.75) is 24.8 Å². The Bertz CT molecular complexity index is 1420. The number of amides is 1. The Balaban J connectivity index is 1.74. The molecule has 0 aliphatic carbocycles. The van der Waals surface area contributed by atoms with Gasteiger partial charge in [-0.2, -0.15) is 0 Å². The maximum Gasteiger partial charge on any atom is 0.264 e. The second-order valence-electron chi connectivity index (χ2n) is 8.82. The second-order valence-corrected chi connectivity index (χ2v) is 10.7. The summed E-state index contributed by atoms with van der Waals surface area (Å²) in [6.45, 7) is 3.32. The number of rotatable bonds is 9. The summed E-state index contributed by atoms with van der Waals surface area (Å²) in [7, 11) is -2.61. The normalized spacial score (nSPS) is 11.2. The fraction of sp³-hybridized carbons (Fsp3) is 0.167. The van der Waals surface area contributed by atoms with Crippen molar-refractivity contribution in [1.29, 1.82) is 0 Å². The fourth-order valence-electron chi connectivity index (χ4n) is 4.12. The summed E-state index contributed by atoms with van der Waals surface area (Å²) in [6.07, 6.45) is 0. The third kappa shape index (κ3) is 6.01. The zero-order valence-corrected chi connectivity index (χ0v) is 21.9. The molecule has 0 saturated carbocycles. The summed E-state index contributed by atoms with van der Waals surface area (Å²) in [4.78, 5) is 13.6. The van der Waals surface area contributed by atoms with Gasteiger partial charge in [-0.1, -0.05) is 84.4 Å². The van der Waals surface area contributed by atoms with E-state index in [9.17, 15) is 13.2 Å². The van der Waals surface area contributed by atoms with Gasteiger partial charge in [-0.05, 0) is 54.8 Å². The summed E-state index contributed by atoms with van der Waals surface area (Å²) in [6, 6.07) is 30.6. The van der Waals surface area contributed by atoms with E-state index in [1.54, 1.807) is 36.4 Å². The molecule has 0 spiro atoms. The minimum Gasteiger partial charge on any atom is -0.495 e. The molecule has 0 radical (unpaired) electrons. The van der Waals surface area contributed by atoms with Gasteiger partial charge in [0.2, 0.25) is 5.91 Å². The van der Waals surface area contributed by atoms with E-state index < -0.39 is 28.5 Å². The average Bonchev–Trinajstić information content (AvgIpc) is 2.91. The molecule has 0 saturated heterocycles. The highest BCUT2D eigenvalue weighted by Gasteiger charge is 2.30. The predicted molar refractivity (Wildman–Crippen MR) is 146 cm³/mol. The number of carbonyl (C=O) groups excluding carboxylic acids is 1. The molecule has 4 aromatic carbocycles. The molecule has 1 N–H and O–H groups in total. The maximum absolute atomic E-state index is 13.9. The minimum atomic E-state index is -4.09. The number of carbonyl (C=O) groups is 1. The third-order valence-electron chi connectivity index (χ3n) is 6.07. The van der Waals surface area contributed by atoms with Crippen molar-refractivity contribution >= 4 is 21.6 Å². The highest BCUT2D eigenvalue weighted by molar-refractivity contribution is 7.92. The average molecular weight is 515 g/mol. The van der Waals surface area contributed by atoms with Crippen LogP contribution in [-0.4, -0.2) is 28.0 Å². The Kier molecular flexibility index (Phi) is 7.94. The van der Waals surface area contributed by atoms with Crippen molar-refractivity contribution < 1.29 is 17.9 Å². The van der Waals surface area contributed by atoms with Gasteiger partial charge >= 0.3 is 0 Å². The summed E-state index contributed by atoms with van der Waals surface area (Å²) in [5.41, 5.74) is 3.86. The molecule has 0 bridgehead atoms. The molecule has 4 aromatic rings. The Hall–Kier alpha value is -4.10.